The zero-order valence-corrected chi connectivity index (χ0v) is 13.1. The zero-order valence-electron chi connectivity index (χ0n) is 13.1. The monoisotopic (exact) mass is 299 g/mol. The highest BCUT2D eigenvalue weighted by Gasteiger charge is 2.42. The van der Waals surface area contributed by atoms with Gasteiger partial charge in [0.25, 0.3) is 11.8 Å². The van der Waals surface area contributed by atoms with Gasteiger partial charge in [-0.05, 0) is 20.3 Å². The van der Waals surface area contributed by atoms with Gasteiger partial charge in [0.15, 0.2) is 0 Å². The Morgan fingerprint density at radius 3 is 2.67 bits per heavy atom. The van der Waals surface area contributed by atoms with Gasteiger partial charge in [-0.1, -0.05) is 13.8 Å². The van der Waals surface area contributed by atoms with Gasteiger partial charge in [-0.2, -0.15) is 5.10 Å². The van der Waals surface area contributed by atoms with E-state index in [1.807, 2.05) is 18.5 Å². The van der Waals surface area contributed by atoms with Gasteiger partial charge in [0.2, 0.25) is 0 Å². The van der Waals surface area contributed by atoms with Gasteiger partial charge in [0.05, 0.1) is 11.3 Å². The topological polar surface area (TPSA) is 38.1 Å². The summed E-state index contributed by atoms with van der Waals surface area (Å²) >= 11 is 0. The van der Waals surface area contributed by atoms with E-state index in [4.69, 9.17) is 0 Å². The summed E-state index contributed by atoms with van der Waals surface area (Å²) in [5.74, 6) is -3.65. The number of aryl methyl sites for hydroxylation is 2. The van der Waals surface area contributed by atoms with Crippen LogP contribution in [-0.2, 0) is 6.54 Å². The standard InChI is InChI=1S/C15H23F2N3O/c1-5-7-20-12(4)13(11(3)18-20)14(21)19-8-6-15(16,17)10(2)9-19/h10H,5-9H2,1-4H3. The molecule has 0 saturated carbocycles. The molecule has 0 N–H and O–H groups in total. The van der Waals surface area contributed by atoms with Crippen LogP contribution < -0.4 is 0 Å². The molecule has 1 aliphatic heterocycles. The smallest absolute Gasteiger partial charge is 0.257 e. The number of halogens is 2. The lowest BCUT2D eigenvalue weighted by molar-refractivity contribution is -0.0921. The van der Waals surface area contributed by atoms with Gasteiger partial charge in [0, 0.05) is 37.7 Å². The molecule has 0 aliphatic carbocycles. The highest BCUT2D eigenvalue weighted by atomic mass is 19.3. The lowest BCUT2D eigenvalue weighted by atomic mass is 9.95. The fraction of sp³-hybridized carbons (Fsp3) is 0.733. The predicted molar refractivity (Wildman–Crippen MR) is 76.6 cm³/mol. The van der Waals surface area contributed by atoms with Crippen molar-refractivity contribution in [2.45, 2.75) is 53.0 Å². The molecule has 1 saturated heterocycles. The third-order valence-electron chi connectivity index (χ3n) is 4.25. The van der Waals surface area contributed by atoms with E-state index in [-0.39, 0.29) is 25.4 Å². The number of hydrogen-bond acceptors (Lipinski definition) is 2. The summed E-state index contributed by atoms with van der Waals surface area (Å²) in [6, 6.07) is 0. The molecule has 1 fully saturated rings. The van der Waals surface area contributed by atoms with Crippen LogP contribution >= 0.6 is 0 Å². The molecule has 1 unspecified atom stereocenters. The molecule has 2 heterocycles. The summed E-state index contributed by atoms with van der Waals surface area (Å²) in [6.45, 7) is 8.18. The Morgan fingerprint density at radius 1 is 1.43 bits per heavy atom. The summed E-state index contributed by atoms with van der Waals surface area (Å²) in [6.07, 6.45) is 0.670. The molecule has 1 aliphatic rings. The Kier molecular flexibility index (Phi) is 4.35. The first kappa shape index (κ1) is 15.9. The van der Waals surface area contributed by atoms with Gasteiger partial charge < -0.3 is 4.90 Å². The molecule has 118 valence electrons. The summed E-state index contributed by atoms with van der Waals surface area (Å²) in [5.41, 5.74) is 2.07. The van der Waals surface area contributed by atoms with E-state index in [1.165, 1.54) is 11.8 Å². The maximum atomic E-state index is 13.5. The van der Waals surface area contributed by atoms with Crippen LogP contribution in [0.1, 0.15) is 48.4 Å². The van der Waals surface area contributed by atoms with E-state index < -0.39 is 11.8 Å². The second-order valence-corrected chi connectivity index (χ2v) is 5.93. The maximum absolute atomic E-state index is 13.5. The minimum atomic E-state index is -2.67. The van der Waals surface area contributed by atoms with Crippen molar-refractivity contribution in [2.75, 3.05) is 13.1 Å². The molecular weight excluding hydrogens is 276 g/mol. The Hall–Kier alpha value is -1.46. The number of nitrogens with zero attached hydrogens (tertiary/aromatic N) is 3. The van der Waals surface area contributed by atoms with Gasteiger partial charge in [-0.25, -0.2) is 8.78 Å². The molecule has 1 amide bonds. The van der Waals surface area contributed by atoms with E-state index >= 15 is 0 Å². The summed E-state index contributed by atoms with van der Waals surface area (Å²) < 4.78 is 28.9. The predicted octanol–water partition coefficient (Wildman–Crippen LogP) is 3.03. The summed E-state index contributed by atoms with van der Waals surface area (Å²) in [5, 5.41) is 4.38. The summed E-state index contributed by atoms with van der Waals surface area (Å²) in [4.78, 5) is 14.2. The van der Waals surface area contributed by atoms with Gasteiger partial charge in [-0.3, -0.25) is 9.48 Å². The molecule has 1 aromatic rings. The van der Waals surface area contributed by atoms with E-state index in [2.05, 4.69) is 5.10 Å². The average molecular weight is 299 g/mol. The fourth-order valence-corrected chi connectivity index (χ4v) is 2.86. The lowest BCUT2D eigenvalue weighted by Gasteiger charge is -2.36. The van der Waals surface area contributed by atoms with Crippen molar-refractivity contribution in [2.24, 2.45) is 5.92 Å². The molecule has 0 radical (unpaired) electrons. The zero-order chi connectivity index (χ0) is 15.8. The van der Waals surface area contributed by atoms with Gasteiger partial charge in [-0.15, -0.1) is 0 Å². The lowest BCUT2D eigenvalue weighted by Crippen LogP contribution is -2.48. The fourth-order valence-electron chi connectivity index (χ4n) is 2.86. The Bertz CT molecular complexity index is 539. The minimum Gasteiger partial charge on any atom is -0.338 e. The number of likely N-dealkylation sites (tertiary alicyclic amines) is 1. The number of carbonyl (C=O) groups excluding carboxylic acids is 1. The highest BCUT2D eigenvalue weighted by molar-refractivity contribution is 5.96. The van der Waals surface area contributed by atoms with Gasteiger partial charge in [0.1, 0.15) is 0 Å². The van der Waals surface area contributed by atoms with Crippen LogP contribution in [-0.4, -0.2) is 39.6 Å². The van der Waals surface area contributed by atoms with Crippen molar-refractivity contribution in [3.8, 4) is 0 Å². The van der Waals surface area contributed by atoms with Crippen molar-refractivity contribution in [1.29, 1.82) is 0 Å². The van der Waals surface area contributed by atoms with Crippen molar-refractivity contribution in [1.82, 2.24) is 14.7 Å². The molecule has 2 rings (SSSR count). The van der Waals surface area contributed by atoms with Crippen molar-refractivity contribution >= 4 is 5.91 Å². The SMILES string of the molecule is CCCn1nc(C)c(C(=O)N2CCC(F)(F)C(C)C2)c1C. The molecular formula is C15H23F2N3O. The third-order valence-corrected chi connectivity index (χ3v) is 4.25. The number of amides is 1. The normalized spacial score (nSPS) is 21.6. The van der Waals surface area contributed by atoms with Crippen LogP contribution in [0.25, 0.3) is 0 Å². The molecule has 1 atom stereocenters. The number of rotatable bonds is 3. The van der Waals surface area contributed by atoms with E-state index in [0.29, 0.717) is 11.3 Å². The van der Waals surface area contributed by atoms with Crippen molar-refractivity contribution in [3.05, 3.63) is 17.0 Å². The van der Waals surface area contributed by atoms with Gasteiger partial charge >= 0.3 is 0 Å². The number of aromatic nitrogens is 2. The van der Waals surface area contributed by atoms with E-state index in [9.17, 15) is 13.6 Å². The van der Waals surface area contributed by atoms with E-state index in [0.717, 1.165) is 18.7 Å². The first-order chi connectivity index (χ1) is 9.77. The van der Waals surface area contributed by atoms with Crippen molar-refractivity contribution in [3.63, 3.8) is 0 Å². The summed E-state index contributed by atoms with van der Waals surface area (Å²) in [7, 11) is 0. The van der Waals surface area contributed by atoms with Crippen LogP contribution in [0, 0.1) is 19.8 Å². The molecule has 6 heteroatoms. The molecule has 0 bridgehead atoms. The van der Waals surface area contributed by atoms with Crippen LogP contribution in [0.4, 0.5) is 8.78 Å². The maximum Gasteiger partial charge on any atom is 0.257 e. The van der Waals surface area contributed by atoms with Crippen LogP contribution in [0.15, 0.2) is 0 Å². The highest BCUT2D eigenvalue weighted by Crippen LogP contribution is 2.33. The number of alkyl halides is 2. The molecule has 0 spiro atoms. The molecule has 21 heavy (non-hydrogen) atoms. The van der Waals surface area contributed by atoms with Crippen LogP contribution in [0.5, 0.6) is 0 Å². The quantitative estimate of drug-likeness (QED) is 0.860. The Labute approximate surface area is 124 Å². The van der Waals surface area contributed by atoms with E-state index in [1.54, 1.807) is 6.92 Å². The van der Waals surface area contributed by atoms with Crippen LogP contribution in [0.3, 0.4) is 0 Å². The third kappa shape index (κ3) is 2.94. The average Bonchev–Trinajstić information content (AvgIpc) is 2.68. The van der Waals surface area contributed by atoms with Crippen LogP contribution in [0.2, 0.25) is 0 Å². The Morgan fingerprint density at radius 2 is 2.10 bits per heavy atom. The number of piperidine rings is 1. The molecule has 0 aromatic carbocycles. The number of carbonyl (C=O) groups is 1. The first-order valence-corrected chi connectivity index (χ1v) is 7.49. The molecule has 4 nitrogen and oxygen atoms in total. The van der Waals surface area contributed by atoms with Crippen molar-refractivity contribution < 1.29 is 13.6 Å². The Balaban J connectivity index is 2.21. The first-order valence-electron chi connectivity index (χ1n) is 7.49. The minimum absolute atomic E-state index is 0.101. The second-order valence-electron chi connectivity index (χ2n) is 5.93. The molecule has 1 aromatic heterocycles. The number of hydrogen-bond donors (Lipinski definition) is 0. The second kappa shape index (κ2) is 5.73. The largest absolute Gasteiger partial charge is 0.338 e.